The highest BCUT2D eigenvalue weighted by molar-refractivity contribution is 5.95. The number of hydrogen-bond acceptors (Lipinski definition) is 3. The highest BCUT2D eigenvalue weighted by atomic mass is 19.4. The number of anilines is 1. The number of alkyl halides is 3. The van der Waals surface area contributed by atoms with E-state index in [9.17, 15) is 18.0 Å². The molecule has 2 aromatic carbocycles. The normalized spacial score (nSPS) is 12.6. The van der Waals surface area contributed by atoms with Gasteiger partial charge in [0.15, 0.2) is 0 Å². The Labute approximate surface area is 147 Å². The van der Waals surface area contributed by atoms with Crippen LogP contribution in [0.5, 0.6) is 0 Å². The molecule has 1 amide bonds. The monoisotopic (exact) mass is 366 g/mol. The Kier molecular flexibility index (Phi) is 5.99. The van der Waals surface area contributed by atoms with Gasteiger partial charge in [-0.2, -0.15) is 13.2 Å². The number of hydrogen-bond donors (Lipinski definition) is 3. The van der Waals surface area contributed by atoms with Crippen molar-refractivity contribution in [3.8, 4) is 11.1 Å². The number of fused-ring (bicyclic) bond motifs is 1. The van der Waals surface area contributed by atoms with Crippen LogP contribution >= 0.6 is 0 Å². The summed E-state index contributed by atoms with van der Waals surface area (Å²) in [5, 5.41) is 13.4. The van der Waals surface area contributed by atoms with Gasteiger partial charge in [0.05, 0.1) is 0 Å². The average Bonchev–Trinajstić information content (AvgIpc) is 3.03. The van der Waals surface area contributed by atoms with Crippen molar-refractivity contribution in [2.75, 3.05) is 5.32 Å². The zero-order valence-electron chi connectivity index (χ0n) is 13.9. The molecule has 2 aromatic rings. The topological polar surface area (TPSA) is 78.4 Å². The van der Waals surface area contributed by atoms with E-state index in [0.717, 1.165) is 29.9 Å². The van der Waals surface area contributed by atoms with E-state index in [2.05, 4.69) is 28.8 Å². The van der Waals surface area contributed by atoms with E-state index in [4.69, 9.17) is 9.90 Å². The standard InChI is InChI=1S/C16H16N2O.C2HF3O2/c1-11(19)18-15-8-7-13-9-17-10-14(13)16(15)12-5-3-2-4-6-12;3-2(4,5)1(6)7/h2-8,17H,9-10H2,1H3,(H,18,19);(H,6,7). The molecular weight excluding hydrogens is 349 g/mol. The molecule has 3 rings (SSSR count). The maximum Gasteiger partial charge on any atom is 0.490 e. The van der Waals surface area contributed by atoms with Gasteiger partial charge in [-0.05, 0) is 22.8 Å². The summed E-state index contributed by atoms with van der Waals surface area (Å²) in [6, 6.07) is 14.3. The summed E-state index contributed by atoms with van der Waals surface area (Å²) < 4.78 is 31.7. The van der Waals surface area contributed by atoms with Gasteiger partial charge in [-0.1, -0.05) is 36.4 Å². The van der Waals surface area contributed by atoms with Crippen LogP contribution in [0.25, 0.3) is 11.1 Å². The van der Waals surface area contributed by atoms with Crippen molar-refractivity contribution in [2.45, 2.75) is 26.2 Å². The summed E-state index contributed by atoms with van der Waals surface area (Å²) in [4.78, 5) is 20.3. The second kappa shape index (κ2) is 8.01. The minimum absolute atomic E-state index is 0.0388. The zero-order valence-corrected chi connectivity index (χ0v) is 13.9. The highest BCUT2D eigenvalue weighted by Gasteiger charge is 2.38. The fourth-order valence-corrected chi connectivity index (χ4v) is 2.61. The third-order valence-corrected chi connectivity index (χ3v) is 3.64. The van der Waals surface area contributed by atoms with E-state index in [1.54, 1.807) is 6.92 Å². The second-order valence-corrected chi connectivity index (χ2v) is 5.58. The molecule has 0 radical (unpaired) electrons. The molecule has 1 heterocycles. The van der Waals surface area contributed by atoms with Gasteiger partial charge >= 0.3 is 12.1 Å². The molecule has 0 aliphatic carbocycles. The van der Waals surface area contributed by atoms with Crippen LogP contribution in [0.15, 0.2) is 42.5 Å². The lowest BCUT2D eigenvalue weighted by Crippen LogP contribution is -2.21. The molecule has 0 unspecified atom stereocenters. The maximum atomic E-state index is 11.4. The fraction of sp³-hybridized carbons (Fsp3) is 0.222. The summed E-state index contributed by atoms with van der Waals surface area (Å²) in [6.45, 7) is 3.29. The van der Waals surface area contributed by atoms with Gasteiger partial charge < -0.3 is 15.7 Å². The number of carbonyl (C=O) groups excluding carboxylic acids is 1. The molecule has 0 aromatic heterocycles. The van der Waals surface area contributed by atoms with Gasteiger partial charge in [-0.15, -0.1) is 0 Å². The minimum Gasteiger partial charge on any atom is -0.475 e. The number of aliphatic carboxylic acids is 1. The van der Waals surface area contributed by atoms with Gasteiger partial charge in [0, 0.05) is 31.3 Å². The molecule has 0 spiro atoms. The summed E-state index contributed by atoms with van der Waals surface area (Å²) in [6.07, 6.45) is -5.08. The molecule has 26 heavy (non-hydrogen) atoms. The van der Waals surface area contributed by atoms with E-state index in [0.29, 0.717) is 0 Å². The maximum absolute atomic E-state index is 11.4. The zero-order chi connectivity index (χ0) is 19.3. The third-order valence-electron chi connectivity index (χ3n) is 3.64. The number of carboxylic acids is 1. The lowest BCUT2D eigenvalue weighted by atomic mass is 9.95. The molecule has 8 heteroatoms. The lowest BCUT2D eigenvalue weighted by Gasteiger charge is -2.14. The first-order chi connectivity index (χ1) is 12.2. The van der Waals surface area contributed by atoms with Crippen molar-refractivity contribution in [1.82, 2.24) is 5.32 Å². The van der Waals surface area contributed by atoms with Gasteiger partial charge in [0.2, 0.25) is 5.91 Å². The molecule has 5 nitrogen and oxygen atoms in total. The predicted octanol–water partition coefficient (Wildman–Crippen LogP) is 3.55. The molecular formula is C18H17F3N2O3. The molecule has 0 atom stereocenters. The summed E-state index contributed by atoms with van der Waals surface area (Å²) in [7, 11) is 0. The van der Waals surface area contributed by atoms with Crippen LogP contribution in [0.2, 0.25) is 0 Å². The van der Waals surface area contributed by atoms with E-state index < -0.39 is 12.1 Å². The van der Waals surface area contributed by atoms with Crippen LogP contribution in [0.4, 0.5) is 18.9 Å². The van der Waals surface area contributed by atoms with Crippen LogP contribution in [0.1, 0.15) is 18.1 Å². The Balaban J connectivity index is 0.000000298. The number of halogens is 3. The number of benzene rings is 2. The van der Waals surface area contributed by atoms with Gasteiger partial charge in [-0.3, -0.25) is 4.79 Å². The highest BCUT2D eigenvalue weighted by Crippen LogP contribution is 2.35. The van der Waals surface area contributed by atoms with Crippen LogP contribution in [-0.2, 0) is 22.7 Å². The van der Waals surface area contributed by atoms with Gasteiger partial charge in [-0.25, -0.2) is 4.79 Å². The SMILES string of the molecule is CC(=O)Nc1ccc2c(c1-c1ccccc1)CNC2.O=C(O)C(F)(F)F. The van der Waals surface area contributed by atoms with Gasteiger partial charge in [0.1, 0.15) is 0 Å². The van der Waals surface area contributed by atoms with Crippen molar-refractivity contribution in [3.63, 3.8) is 0 Å². The minimum atomic E-state index is -5.08. The summed E-state index contributed by atoms with van der Waals surface area (Å²) >= 11 is 0. The number of amides is 1. The van der Waals surface area contributed by atoms with Crippen molar-refractivity contribution < 1.29 is 27.9 Å². The molecule has 0 saturated heterocycles. The first-order valence-corrected chi connectivity index (χ1v) is 7.68. The molecule has 1 aliphatic heterocycles. The van der Waals surface area contributed by atoms with Crippen LogP contribution in [-0.4, -0.2) is 23.2 Å². The van der Waals surface area contributed by atoms with Crippen LogP contribution < -0.4 is 10.6 Å². The van der Waals surface area contributed by atoms with Crippen molar-refractivity contribution >= 4 is 17.6 Å². The molecule has 3 N–H and O–H groups in total. The van der Waals surface area contributed by atoms with Crippen LogP contribution in [0.3, 0.4) is 0 Å². The quantitative estimate of drug-likeness (QED) is 0.760. The number of rotatable bonds is 2. The Morgan fingerprint density at radius 1 is 1.08 bits per heavy atom. The number of nitrogens with one attached hydrogen (secondary N) is 2. The number of carbonyl (C=O) groups is 2. The first-order valence-electron chi connectivity index (χ1n) is 7.68. The van der Waals surface area contributed by atoms with E-state index in [-0.39, 0.29) is 5.91 Å². The first kappa shape index (κ1) is 19.5. The molecule has 138 valence electrons. The van der Waals surface area contributed by atoms with E-state index >= 15 is 0 Å². The number of carboxylic acid groups (broad SMARTS) is 1. The fourth-order valence-electron chi connectivity index (χ4n) is 2.61. The smallest absolute Gasteiger partial charge is 0.475 e. The van der Waals surface area contributed by atoms with Crippen molar-refractivity contribution in [1.29, 1.82) is 0 Å². The predicted molar refractivity (Wildman–Crippen MR) is 90.4 cm³/mol. The summed E-state index contributed by atoms with van der Waals surface area (Å²) in [5.41, 5.74) is 5.77. The van der Waals surface area contributed by atoms with Crippen molar-refractivity contribution in [2.24, 2.45) is 0 Å². The molecule has 0 fully saturated rings. The molecule has 0 saturated carbocycles. The van der Waals surface area contributed by atoms with Gasteiger partial charge in [0.25, 0.3) is 0 Å². The van der Waals surface area contributed by atoms with E-state index in [1.807, 2.05) is 24.3 Å². The lowest BCUT2D eigenvalue weighted by molar-refractivity contribution is -0.192. The Morgan fingerprint density at radius 2 is 1.69 bits per heavy atom. The Hall–Kier alpha value is -2.87. The Bertz CT molecular complexity index is 805. The Morgan fingerprint density at radius 3 is 2.23 bits per heavy atom. The third kappa shape index (κ3) is 4.82. The van der Waals surface area contributed by atoms with Crippen molar-refractivity contribution in [3.05, 3.63) is 53.6 Å². The average molecular weight is 366 g/mol. The largest absolute Gasteiger partial charge is 0.490 e. The molecule has 1 aliphatic rings. The van der Waals surface area contributed by atoms with Crippen LogP contribution in [0, 0.1) is 0 Å². The van der Waals surface area contributed by atoms with E-state index in [1.165, 1.54) is 11.1 Å². The second-order valence-electron chi connectivity index (χ2n) is 5.58. The summed E-state index contributed by atoms with van der Waals surface area (Å²) in [5.74, 6) is -2.80. The molecule has 0 bridgehead atoms.